The van der Waals surface area contributed by atoms with E-state index in [4.69, 9.17) is 0 Å². The van der Waals surface area contributed by atoms with Crippen molar-refractivity contribution >= 4 is 24.0 Å². The van der Waals surface area contributed by atoms with Crippen molar-refractivity contribution in [1.29, 1.82) is 5.26 Å². The quantitative estimate of drug-likeness (QED) is 0.262. The topological polar surface area (TPSA) is 86.0 Å². The maximum atomic E-state index is 13.4. The highest BCUT2D eigenvalue weighted by molar-refractivity contribution is 5.73. The first kappa shape index (κ1) is 24.6. The molecule has 0 amide bonds. The number of aliphatic imine (C=N–C) groups is 1. The number of anilines is 2. The average Bonchev–Trinajstić information content (AvgIpc) is 2.92. The number of nitriles is 1. The first-order valence-electron chi connectivity index (χ1n) is 11.7. The van der Waals surface area contributed by atoms with Gasteiger partial charge in [-0.1, -0.05) is 43.3 Å². The van der Waals surface area contributed by atoms with Crippen molar-refractivity contribution in [1.82, 2.24) is 9.97 Å². The van der Waals surface area contributed by atoms with Gasteiger partial charge in [0.25, 0.3) is 0 Å². The van der Waals surface area contributed by atoms with E-state index < -0.39 is 0 Å². The van der Waals surface area contributed by atoms with Crippen LogP contribution in [0.2, 0.25) is 0 Å². The van der Waals surface area contributed by atoms with E-state index in [-0.39, 0.29) is 11.7 Å². The fraction of sp³-hybridized carbons (Fsp3) is 0.172. The molecule has 0 radical (unpaired) electrons. The van der Waals surface area contributed by atoms with E-state index in [0.717, 1.165) is 45.9 Å². The minimum absolute atomic E-state index is 0.0680. The van der Waals surface area contributed by atoms with Gasteiger partial charge in [0.2, 0.25) is 0 Å². The molecular weight excluding hydrogens is 451 g/mol. The number of nitrogens with zero attached hydrogens (tertiary/aromatic N) is 4. The summed E-state index contributed by atoms with van der Waals surface area (Å²) in [6, 6.07) is 20.5. The molecule has 0 saturated heterocycles. The number of hydrogen-bond donors (Lipinski definition) is 2. The summed E-state index contributed by atoms with van der Waals surface area (Å²) in [7, 11) is 0. The van der Waals surface area contributed by atoms with Gasteiger partial charge in [-0.3, -0.25) is 4.99 Å². The van der Waals surface area contributed by atoms with Gasteiger partial charge in [0.15, 0.2) is 5.82 Å². The Morgan fingerprint density at radius 1 is 0.972 bits per heavy atom. The van der Waals surface area contributed by atoms with Gasteiger partial charge in [-0.2, -0.15) is 5.26 Å². The molecular formula is C29H27FN6. The largest absolute Gasteiger partial charge is 0.369 e. The van der Waals surface area contributed by atoms with Gasteiger partial charge < -0.3 is 10.6 Å². The number of benzene rings is 2. The van der Waals surface area contributed by atoms with Gasteiger partial charge in [0.05, 0.1) is 5.56 Å². The van der Waals surface area contributed by atoms with Gasteiger partial charge >= 0.3 is 0 Å². The van der Waals surface area contributed by atoms with E-state index in [0.29, 0.717) is 17.9 Å². The third-order valence-electron chi connectivity index (χ3n) is 6.01. The van der Waals surface area contributed by atoms with Crippen molar-refractivity contribution < 1.29 is 4.39 Å². The van der Waals surface area contributed by atoms with Crippen LogP contribution in [0.5, 0.6) is 0 Å². The summed E-state index contributed by atoms with van der Waals surface area (Å²) in [6.07, 6.45) is 3.38. The summed E-state index contributed by atoms with van der Waals surface area (Å²) in [4.78, 5) is 13.1. The normalized spacial score (nSPS) is 11.4. The number of hydrogen-bond acceptors (Lipinski definition) is 6. The molecule has 2 aromatic heterocycles. The Kier molecular flexibility index (Phi) is 7.66. The van der Waals surface area contributed by atoms with Crippen LogP contribution in [0.4, 0.5) is 21.7 Å². The van der Waals surface area contributed by atoms with Gasteiger partial charge in [-0.25, -0.2) is 14.4 Å². The second-order valence-electron chi connectivity index (χ2n) is 8.38. The maximum Gasteiger partial charge on any atom is 0.151 e. The van der Waals surface area contributed by atoms with E-state index in [1.54, 1.807) is 18.3 Å². The summed E-state index contributed by atoms with van der Waals surface area (Å²) in [6.45, 7) is 8.99. The number of rotatable bonds is 9. The zero-order chi connectivity index (χ0) is 25.5. The molecule has 0 spiro atoms. The van der Waals surface area contributed by atoms with Crippen LogP contribution in [0.25, 0.3) is 11.1 Å². The third kappa shape index (κ3) is 5.56. The van der Waals surface area contributed by atoms with Gasteiger partial charge in [0, 0.05) is 42.5 Å². The highest BCUT2D eigenvalue weighted by atomic mass is 19.1. The zero-order valence-electron chi connectivity index (χ0n) is 20.3. The SMILES string of the molecule is C=Nc1cc(-c2ccc(CNc3ncc(C#N)cc3[C@@H](C)c3ccc(F)cc3)cc2)cnc1NCC. The highest BCUT2D eigenvalue weighted by Crippen LogP contribution is 2.31. The lowest BCUT2D eigenvalue weighted by atomic mass is 9.92. The molecule has 0 bridgehead atoms. The Morgan fingerprint density at radius 2 is 1.69 bits per heavy atom. The summed E-state index contributed by atoms with van der Waals surface area (Å²) in [5.74, 6) is 1.07. The van der Waals surface area contributed by atoms with Crippen molar-refractivity contribution in [3.8, 4) is 17.2 Å². The molecule has 7 heteroatoms. The number of nitrogens with one attached hydrogen (secondary N) is 2. The summed E-state index contributed by atoms with van der Waals surface area (Å²) in [5.41, 5.74) is 6.09. The molecule has 4 aromatic rings. The van der Waals surface area contributed by atoms with Crippen LogP contribution in [-0.2, 0) is 6.54 Å². The number of pyridine rings is 2. The second-order valence-corrected chi connectivity index (χ2v) is 8.38. The van der Waals surface area contributed by atoms with Crippen LogP contribution in [-0.4, -0.2) is 23.2 Å². The lowest BCUT2D eigenvalue weighted by molar-refractivity contribution is 0.626. The van der Waals surface area contributed by atoms with Crippen molar-refractivity contribution in [2.24, 2.45) is 4.99 Å². The van der Waals surface area contributed by atoms with Crippen LogP contribution in [0, 0.1) is 17.1 Å². The van der Waals surface area contributed by atoms with E-state index >= 15 is 0 Å². The summed E-state index contributed by atoms with van der Waals surface area (Å²) >= 11 is 0. The van der Waals surface area contributed by atoms with Crippen LogP contribution >= 0.6 is 0 Å². The zero-order valence-corrected chi connectivity index (χ0v) is 20.3. The standard InChI is InChI=1S/C29H27FN6/c1-4-33-29-27(32-3)14-24(18-36-29)23-7-5-20(6-8-23)16-34-28-26(13-21(15-31)17-35-28)19(2)22-9-11-25(30)12-10-22/h5-14,17-19H,3-4,16H2,1-2H3,(H,33,36)(H,34,35)/t19-/m0/s1. The lowest BCUT2D eigenvalue weighted by Crippen LogP contribution is -2.08. The van der Waals surface area contributed by atoms with Crippen LogP contribution in [0.1, 0.15) is 42.0 Å². The molecule has 0 aliphatic heterocycles. The maximum absolute atomic E-state index is 13.4. The fourth-order valence-corrected chi connectivity index (χ4v) is 3.99. The Morgan fingerprint density at radius 3 is 2.36 bits per heavy atom. The monoisotopic (exact) mass is 478 g/mol. The van der Waals surface area contributed by atoms with E-state index in [9.17, 15) is 9.65 Å². The molecule has 180 valence electrons. The van der Waals surface area contributed by atoms with Crippen molar-refractivity contribution in [3.05, 3.63) is 101 Å². The molecule has 0 aliphatic carbocycles. The minimum Gasteiger partial charge on any atom is -0.369 e. The second kappa shape index (κ2) is 11.2. The molecule has 0 aliphatic rings. The van der Waals surface area contributed by atoms with Gasteiger partial charge in [-0.05, 0) is 54.6 Å². The summed E-state index contributed by atoms with van der Waals surface area (Å²) < 4.78 is 13.4. The predicted octanol–water partition coefficient (Wildman–Crippen LogP) is 6.68. The molecule has 2 N–H and O–H groups in total. The van der Waals surface area contributed by atoms with Crippen LogP contribution < -0.4 is 10.6 Å². The fourth-order valence-electron chi connectivity index (χ4n) is 3.99. The number of aromatic nitrogens is 2. The van der Waals surface area contributed by atoms with Crippen LogP contribution in [0.15, 0.2) is 78.0 Å². The first-order valence-corrected chi connectivity index (χ1v) is 11.7. The Hall–Kier alpha value is -4.57. The lowest BCUT2D eigenvalue weighted by Gasteiger charge is -2.18. The van der Waals surface area contributed by atoms with Gasteiger partial charge in [0.1, 0.15) is 23.4 Å². The molecule has 0 fully saturated rings. The Labute approximate surface area is 210 Å². The average molecular weight is 479 g/mol. The van der Waals surface area contributed by atoms with Crippen molar-refractivity contribution in [2.45, 2.75) is 26.3 Å². The van der Waals surface area contributed by atoms with E-state index in [1.807, 2.05) is 56.4 Å². The van der Waals surface area contributed by atoms with E-state index in [1.165, 1.54) is 12.1 Å². The van der Waals surface area contributed by atoms with Crippen LogP contribution in [0.3, 0.4) is 0 Å². The molecule has 6 nitrogen and oxygen atoms in total. The molecule has 0 unspecified atom stereocenters. The first-order chi connectivity index (χ1) is 17.5. The van der Waals surface area contributed by atoms with Crippen molar-refractivity contribution in [3.63, 3.8) is 0 Å². The van der Waals surface area contributed by atoms with E-state index in [2.05, 4.69) is 38.4 Å². The molecule has 36 heavy (non-hydrogen) atoms. The third-order valence-corrected chi connectivity index (χ3v) is 6.01. The predicted molar refractivity (Wildman–Crippen MR) is 143 cm³/mol. The molecule has 4 rings (SSSR count). The minimum atomic E-state index is -0.280. The molecule has 1 atom stereocenters. The summed E-state index contributed by atoms with van der Waals surface area (Å²) in [5, 5.41) is 16.0. The van der Waals surface area contributed by atoms with Gasteiger partial charge in [-0.15, -0.1) is 0 Å². The Bertz CT molecular complexity index is 1390. The molecule has 0 saturated carbocycles. The van der Waals surface area contributed by atoms with Crippen molar-refractivity contribution in [2.75, 3.05) is 17.2 Å². The number of halogens is 1. The molecule has 2 heterocycles. The Balaban J connectivity index is 1.52. The smallest absolute Gasteiger partial charge is 0.151 e. The molecule has 2 aromatic carbocycles. The highest BCUT2D eigenvalue weighted by Gasteiger charge is 2.15.